The molecule has 0 amide bonds. The molecular formula is C17H18O2. The van der Waals surface area contributed by atoms with Crippen molar-refractivity contribution >= 4 is 6.08 Å². The minimum absolute atomic E-state index is 0.0839. The third kappa shape index (κ3) is 3.78. The lowest BCUT2D eigenvalue weighted by Gasteiger charge is -2.18. The molecule has 2 heteroatoms. The predicted molar refractivity (Wildman–Crippen MR) is 77.5 cm³/mol. The van der Waals surface area contributed by atoms with E-state index in [4.69, 9.17) is 0 Å². The topological polar surface area (TPSA) is 40.5 Å². The molecule has 0 fully saturated rings. The van der Waals surface area contributed by atoms with E-state index in [9.17, 15) is 10.2 Å². The molecule has 0 heterocycles. The Bertz CT molecular complexity index is 505. The molecule has 2 atom stereocenters. The molecule has 2 aromatic rings. The molecule has 0 aliphatic rings. The first-order valence-corrected chi connectivity index (χ1v) is 6.38. The van der Waals surface area contributed by atoms with Gasteiger partial charge in [-0.1, -0.05) is 72.8 Å². The summed E-state index contributed by atoms with van der Waals surface area (Å²) in [5.74, 6) is -0.303. The summed E-state index contributed by atoms with van der Waals surface area (Å²) in [7, 11) is 0. The second kappa shape index (κ2) is 6.88. The molecule has 0 aromatic heterocycles. The lowest BCUT2D eigenvalue weighted by atomic mass is 9.95. The van der Waals surface area contributed by atoms with Gasteiger partial charge in [-0.15, -0.1) is 0 Å². The Labute approximate surface area is 113 Å². The molecule has 0 saturated carbocycles. The Morgan fingerprint density at radius 1 is 0.895 bits per heavy atom. The number of aliphatic hydroxyl groups excluding tert-OH is 2. The molecule has 2 N–H and O–H groups in total. The fraction of sp³-hybridized carbons (Fsp3) is 0.176. The molecule has 2 aromatic carbocycles. The van der Waals surface area contributed by atoms with Crippen LogP contribution in [0.25, 0.3) is 6.08 Å². The van der Waals surface area contributed by atoms with Crippen molar-refractivity contribution in [3.05, 3.63) is 77.9 Å². The Balaban J connectivity index is 2.10. The SMILES string of the molecule is OC[C@H](/C=C\c1ccccc1)[C@@H](O)c1ccccc1. The van der Waals surface area contributed by atoms with E-state index in [1.165, 1.54) is 0 Å². The van der Waals surface area contributed by atoms with Crippen LogP contribution in [0, 0.1) is 5.92 Å². The van der Waals surface area contributed by atoms with Crippen LogP contribution in [0.5, 0.6) is 0 Å². The summed E-state index contributed by atoms with van der Waals surface area (Å²) in [6.07, 6.45) is 3.09. The summed E-state index contributed by atoms with van der Waals surface area (Å²) in [5.41, 5.74) is 1.88. The van der Waals surface area contributed by atoms with E-state index in [0.29, 0.717) is 0 Å². The zero-order valence-corrected chi connectivity index (χ0v) is 10.7. The zero-order chi connectivity index (χ0) is 13.5. The zero-order valence-electron chi connectivity index (χ0n) is 10.7. The maximum Gasteiger partial charge on any atom is 0.0874 e. The summed E-state index contributed by atoms with van der Waals surface area (Å²) >= 11 is 0. The first-order chi connectivity index (χ1) is 9.31. The molecule has 98 valence electrons. The monoisotopic (exact) mass is 254 g/mol. The third-order valence-electron chi connectivity index (χ3n) is 3.09. The van der Waals surface area contributed by atoms with Gasteiger partial charge in [0.05, 0.1) is 12.7 Å². The van der Waals surface area contributed by atoms with Crippen LogP contribution in [0.2, 0.25) is 0 Å². The number of benzene rings is 2. The van der Waals surface area contributed by atoms with Gasteiger partial charge in [-0.2, -0.15) is 0 Å². The highest BCUT2D eigenvalue weighted by Gasteiger charge is 2.16. The fourth-order valence-electron chi connectivity index (χ4n) is 1.96. The van der Waals surface area contributed by atoms with Crippen LogP contribution in [0.4, 0.5) is 0 Å². The smallest absolute Gasteiger partial charge is 0.0874 e. The number of hydrogen-bond acceptors (Lipinski definition) is 2. The van der Waals surface area contributed by atoms with Gasteiger partial charge >= 0.3 is 0 Å². The van der Waals surface area contributed by atoms with Crippen LogP contribution >= 0.6 is 0 Å². The fourth-order valence-corrected chi connectivity index (χ4v) is 1.96. The van der Waals surface area contributed by atoms with Gasteiger partial charge in [0.2, 0.25) is 0 Å². The van der Waals surface area contributed by atoms with Gasteiger partial charge in [0, 0.05) is 5.92 Å². The Kier molecular flexibility index (Phi) is 4.90. The van der Waals surface area contributed by atoms with E-state index in [0.717, 1.165) is 11.1 Å². The summed E-state index contributed by atoms with van der Waals surface area (Å²) in [6, 6.07) is 19.3. The summed E-state index contributed by atoms with van der Waals surface area (Å²) in [4.78, 5) is 0. The van der Waals surface area contributed by atoms with Crippen LogP contribution in [0.15, 0.2) is 66.7 Å². The van der Waals surface area contributed by atoms with Crippen molar-refractivity contribution in [2.75, 3.05) is 6.61 Å². The third-order valence-corrected chi connectivity index (χ3v) is 3.09. The number of aliphatic hydroxyl groups is 2. The van der Waals surface area contributed by atoms with Gasteiger partial charge in [0.25, 0.3) is 0 Å². The molecule has 2 rings (SSSR count). The van der Waals surface area contributed by atoms with Gasteiger partial charge < -0.3 is 10.2 Å². The molecule has 0 unspecified atom stereocenters. The molecule has 19 heavy (non-hydrogen) atoms. The standard InChI is InChI=1S/C17H18O2/c18-13-16(12-11-14-7-3-1-4-8-14)17(19)15-9-5-2-6-10-15/h1-12,16-19H,13H2/b12-11-/t16-,17-/m0/s1. The minimum Gasteiger partial charge on any atom is -0.396 e. The molecule has 0 aliphatic carbocycles. The van der Waals surface area contributed by atoms with Crippen molar-refractivity contribution in [1.82, 2.24) is 0 Å². The first-order valence-electron chi connectivity index (χ1n) is 6.38. The van der Waals surface area contributed by atoms with Crippen molar-refractivity contribution in [3.8, 4) is 0 Å². The minimum atomic E-state index is -0.689. The summed E-state index contributed by atoms with van der Waals surface area (Å²) < 4.78 is 0. The van der Waals surface area contributed by atoms with E-state index in [1.807, 2.05) is 72.8 Å². The molecule has 0 bridgehead atoms. The first kappa shape index (κ1) is 13.5. The van der Waals surface area contributed by atoms with Gasteiger partial charge in [0.15, 0.2) is 0 Å². The second-order valence-electron chi connectivity index (χ2n) is 4.47. The highest BCUT2D eigenvalue weighted by Crippen LogP contribution is 2.23. The average Bonchev–Trinajstić information content (AvgIpc) is 2.49. The van der Waals surface area contributed by atoms with Crippen molar-refractivity contribution in [2.45, 2.75) is 6.10 Å². The molecule has 0 radical (unpaired) electrons. The normalized spacial score (nSPS) is 14.4. The largest absolute Gasteiger partial charge is 0.396 e. The lowest BCUT2D eigenvalue weighted by Crippen LogP contribution is -2.14. The van der Waals surface area contributed by atoms with Crippen LogP contribution in [-0.4, -0.2) is 16.8 Å². The van der Waals surface area contributed by atoms with Crippen molar-refractivity contribution in [1.29, 1.82) is 0 Å². The van der Waals surface area contributed by atoms with Gasteiger partial charge in [-0.05, 0) is 11.1 Å². The lowest BCUT2D eigenvalue weighted by molar-refractivity contribution is 0.0923. The Morgan fingerprint density at radius 3 is 2.05 bits per heavy atom. The van der Waals surface area contributed by atoms with E-state index in [2.05, 4.69) is 0 Å². The predicted octanol–water partition coefficient (Wildman–Crippen LogP) is 3.04. The molecular weight excluding hydrogens is 236 g/mol. The highest BCUT2D eigenvalue weighted by molar-refractivity contribution is 5.49. The maximum atomic E-state index is 10.2. The van der Waals surface area contributed by atoms with Gasteiger partial charge in [-0.3, -0.25) is 0 Å². The van der Waals surface area contributed by atoms with Gasteiger partial charge in [0.1, 0.15) is 0 Å². The molecule has 0 aliphatic heterocycles. The van der Waals surface area contributed by atoms with E-state index in [-0.39, 0.29) is 12.5 Å². The summed E-state index contributed by atoms with van der Waals surface area (Å²) in [6.45, 7) is -0.0839. The van der Waals surface area contributed by atoms with E-state index in [1.54, 1.807) is 0 Å². The second-order valence-corrected chi connectivity index (χ2v) is 4.47. The molecule has 0 saturated heterocycles. The van der Waals surface area contributed by atoms with Crippen LogP contribution in [-0.2, 0) is 0 Å². The molecule has 2 nitrogen and oxygen atoms in total. The average molecular weight is 254 g/mol. The Morgan fingerprint density at radius 2 is 1.47 bits per heavy atom. The highest BCUT2D eigenvalue weighted by atomic mass is 16.3. The quantitative estimate of drug-likeness (QED) is 0.861. The van der Waals surface area contributed by atoms with Crippen LogP contribution in [0.3, 0.4) is 0 Å². The van der Waals surface area contributed by atoms with E-state index >= 15 is 0 Å². The van der Waals surface area contributed by atoms with Gasteiger partial charge in [-0.25, -0.2) is 0 Å². The van der Waals surface area contributed by atoms with Crippen molar-refractivity contribution in [3.63, 3.8) is 0 Å². The number of rotatable bonds is 5. The van der Waals surface area contributed by atoms with Crippen LogP contribution in [0.1, 0.15) is 17.2 Å². The van der Waals surface area contributed by atoms with Crippen molar-refractivity contribution in [2.24, 2.45) is 5.92 Å². The van der Waals surface area contributed by atoms with E-state index < -0.39 is 6.10 Å². The van der Waals surface area contributed by atoms with Crippen LogP contribution < -0.4 is 0 Å². The maximum absolute atomic E-state index is 10.2. The number of hydrogen-bond donors (Lipinski definition) is 2. The van der Waals surface area contributed by atoms with Crippen molar-refractivity contribution < 1.29 is 10.2 Å². The Hall–Kier alpha value is -1.90. The molecule has 0 spiro atoms. The summed E-state index contributed by atoms with van der Waals surface area (Å²) in [5, 5.41) is 19.7.